The molecule has 0 unspecified atom stereocenters. The molecule has 2 aliphatic rings. The van der Waals surface area contributed by atoms with Crippen molar-refractivity contribution in [2.45, 2.75) is 19.3 Å². The molecule has 2 fully saturated rings. The van der Waals surface area contributed by atoms with E-state index in [-0.39, 0.29) is 17.4 Å². The van der Waals surface area contributed by atoms with Crippen molar-refractivity contribution in [1.29, 1.82) is 5.26 Å². The van der Waals surface area contributed by atoms with Gasteiger partial charge in [-0.2, -0.15) is 5.26 Å². The van der Waals surface area contributed by atoms with E-state index in [1.165, 1.54) is 6.20 Å². The molecule has 0 spiro atoms. The molecule has 0 aromatic carbocycles. The lowest BCUT2D eigenvalue weighted by Gasteiger charge is -2.26. The lowest BCUT2D eigenvalue weighted by Crippen LogP contribution is -2.41. The van der Waals surface area contributed by atoms with Crippen LogP contribution in [0.3, 0.4) is 0 Å². The summed E-state index contributed by atoms with van der Waals surface area (Å²) in [6, 6.07) is 1.94. The minimum Gasteiger partial charge on any atom is -0.390 e. The molecule has 7 heteroatoms. The highest BCUT2D eigenvalue weighted by molar-refractivity contribution is 5.97. The summed E-state index contributed by atoms with van der Waals surface area (Å²) in [6.45, 7) is 4.27. The first-order valence-electron chi connectivity index (χ1n) is 7.71. The van der Waals surface area contributed by atoms with E-state index in [2.05, 4.69) is 5.32 Å². The highest BCUT2D eigenvalue weighted by Crippen LogP contribution is 2.09. The number of hydrogen-bond acceptors (Lipinski definition) is 5. The first-order chi connectivity index (χ1) is 10.7. The highest BCUT2D eigenvalue weighted by Gasteiger charge is 2.21. The monoisotopic (exact) mass is 306 g/mol. The molecule has 7 nitrogen and oxygen atoms in total. The van der Waals surface area contributed by atoms with Crippen molar-refractivity contribution >= 4 is 11.8 Å². The van der Waals surface area contributed by atoms with Crippen molar-refractivity contribution < 1.29 is 14.3 Å². The molecule has 0 radical (unpaired) electrons. The summed E-state index contributed by atoms with van der Waals surface area (Å²) >= 11 is 0. The van der Waals surface area contributed by atoms with Crippen LogP contribution in [0.1, 0.15) is 19.3 Å². The Hall–Kier alpha value is -2.07. The van der Waals surface area contributed by atoms with Crippen LogP contribution in [0.5, 0.6) is 0 Å². The minimum atomic E-state index is -0.256. The van der Waals surface area contributed by atoms with Gasteiger partial charge in [-0.15, -0.1) is 0 Å². The average molecular weight is 306 g/mol. The number of amides is 2. The summed E-state index contributed by atoms with van der Waals surface area (Å²) in [5.41, 5.74) is 0.110. The molecule has 120 valence electrons. The van der Waals surface area contributed by atoms with E-state index < -0.39 is 0 Å². The highest BCUT2D eigenvalue weighted by atomic mass is 16.5. The molecule has 0 bridgehead atoms. The van der Waals surface area contributed by atoms with Crippen LogP contribution in [0, 0.1) is 11.3 Å². The SMILES string of the molecule is N#C/C(=C/NCCCN1CCCC1=O)C(=O)N1CCOCC1. The zero-order chi connectivity index (χ0) is 15.8. The molecule has 2 rings (SSSR count). The summed E-state index contributed by atoms with van der Waals surface area (Å²) in [5, 5.41) is 12.1. The van der Waals surface area contributed by atoms with Crippen LogP contribution in [0.4, 0.5) is 0 Å². The van der Waals surface area contributed by atoms with Gasteiger partial charge >= 0.3 is 0 Å². The maximum Gasteiger partial charge on any atom is 0.266 e. The Bertz CT molecular complexity index is 478. The molecular weight excluding hydrogens is 284 g/mol. The van der Waals surface area contributed by atoms with Crippen LogP contribution in [-0.4, -0.2) is 67.6 Å². The van der Waals surface area contributed by atoms with Gasteiger partial charge in [-0.3, -0.25) is 9.59 Å². The minimum absolute atomic E-state index is 0.110. The topological polar surface area (TPSA) is 85.7 Å². The molecule has 1 N–H and O–H groups in total. The quantitative estimate of drug-likeness (QED) is 0.419. The van der Waals surface area contributed by atoms with Gasteiger partial charge in [-0.25, -0.2) is 0 Å². The second-order valence-electron chi connectivity index (χ2n) is 5.37. The summed E-state index contributed by atoms with van der Waals surface area (Å²) in [6.07, 6.45) is 3.87. The van der Waals surface area contributed by atoms with Gasteiger partial charge in [-0.1, -0.05) is 0 Å². The van der Waals surface area contributed by atoms with Gasteiger partial charge in [0.1, 0.15) is 11.6 Å². The molecule has 0 saturated carbocycles. The number of morpholine rings is 1. The predicted octanol–water partition coefficient (Wildman–Crippen LogP) is -0.145. The summed E-state index contributed by atoms with van der Waals surface area (Å²) < 4.78 is 5.19. The number of nitrogens with one attached hydrogen (secondary N) is 1. The zero-order valence-corrected chi connectivity index (χ0v) is 12.7. The van der Waals surface area contributed by atoms with Crippen LogP contribution >= 0.6 is 0 Å². The van der Waals surface area contributed by atoms with E-state index in [4.69, 9.17) is 10.00 Å². The van der Waals surface area contributed by atoms with E-state index in [0.717, 1.165) is 25.9 Å². The molecule has 0 aromatic heterocycles. The second kappa shape index (κ2) is 8.39. The number of nitriles is 1. The molecule has 2 saturated heterocycles. The summed E-state index contributed by atoms with van der Waals surface area (Å²) in [7, 11) is 0. The molecule has 0 aliphatic carbocycles. The Morgan fingerprint density at radius 2 is 2.14 bits per heavy atom. The van der Waals surface area contributed by atoms with E-state index in [1.807, 2.05) is 11.0 Å². The number of likely N-dealkylation sites (tertiary alicyclic amines) is 1. The van der Waals surface area contributed by atoms with E-state index in [9.17, 15) is 9.59 Å². The third kappa shape index (κ3) is 4.46. The Kier molecular flexibility index (Phi) is 6.22. The van der Waals surface area contributed by atoms with Crippen molar-refractivity contribution in [2.24, 2.45) is 0 Å². The van der Waals surface area contributed by atoms with Crippen LogP contribution in [0.25, 0.3) is 0 Å². The molecular formula is C15H22N4O3. The summed E-state index contributed by atoms with van der Waals surface area (Å²) in [4.78, 5) is 27.1. The zero-order valence-electron chi connectivity index (χ0n) is 12.7. The Morgan fingerprint density at radius 1 is 1.36 bits per heavy atom. The first-order valence-corrected chi connectivity index (χ1v) is 7.71. The molecule has 22 heavy (non-hydrogen) atoms. The van der Waals surface area contributed by atoms with Crippen molar-refractivity contribution in [1.82, 2.24) is 15.1 Å². The molecule has 2 heterocycles. The lowest BCUT2D eigenvalue weighted by molar-refractivity contribution is -0.130. The van der Waals surface area contributed by atoms with Crippen molar-refractivity contribution in [3.8, 4) is 6.07 Å². The van der Waals surface area contributed by atoms with Crippen LogP contribution in [0.2, 0.25) is 0 Å². The third-order valence-electron chi connectivity index (χ3n) is 3.82. The van der Waals surface area contributed by atoms with E-state index in [1.54, 1.807) is 4.90 Å². The van der Waals surface area contributed by atoms with Gasteiger partial charge in [0.15, 0.2) is 0 Å². The van der Waals surface area contributed by atoms with Crippen molar-refractivity contribution in [3.63, 3.8) is 0 Å². The second-order valence-corrected chi connectivity index (χ2v) is 5.37. The van der Waals surface area contributed by atoms with E-state index >= 15 is 0 Å². The third-order valence-corrected chi connectivity index (χ3v) is 3.82. The van der Waals surface area contributed by atoms with Crippen LogP contribution < -0.4 is 5.32 Å². The van der Waals surface area contributed by atoms with Gasteiger partial charge in [0.05, 0.1) is 13.2 Å². The van der Waals surface area contributed by atoms with Gasteiger partial charge in [0, 0.05) is 45.3 Å². The van der Waals surface area contributed by atoms with E-state index in [0.29, 0.717) is 39.3 Å². The molecule has 2 aliphatic heterocycles. The number of carbonyl (C=O) groups is 2. The molecule has 2 amide bonds. The number of ether oxygens (including phenoxy) is 1. The fourth-order valence-electron chi connectivity index (χ4n) is 2.57. The lowest BCUT2D eigenvalue weighted by atomic mass is 10.2. The number of nitrogens with zero attached hydrogens (tertiary/aromatic N) is 3. The van der Waals surface area contributed by atoms with Gasteiger partial charge < -0.3 is 19.9 Å². The predicted molar refractivity (Wildman–Crippen MR) is 79.5 cm³/mol. The number of hydrogen-bond donors (Lipinski definition) is 1. The smallest absolute Gasteiger partial charge is 0.266 e. The number of carbonyl (C=O) groups excluding carboxylic acids is 2. The fraction of sp³-hybridized carbons (Fsp3) is 0.667. The Labute approximate surface area is 130 Å². The summed E-state index contributed by atoms with van der Waals surface area (Å²) in [5.74, 6) is -0.0382. The fourth-order valence-corrected chi connectivity index (χ4v) is 2.57. The van der Waals surface area contributed by atoms with Gasteiger partial charge in [0.2, 0.25) is 5.91 Å². The first kappa shape index (κ1) is 16.3. The maximum atomic E-state index is 12.1. The Morgan fingerprint density at radius 3 is 2.77 bits per heavy atom. The van der Waals surface area contributed by atoms with Crippen LogP contribution in [0.15, 0.2) is 11.8 Å². The average Bonchev–Trinajstić information content (AvgIpc) is 2.96. The molecule has 0 aromatic rings. The standard InChI is InChI=1S/C15H22N4O3/c16-11-13(15(21)19-7-9-22-10-8-19)12-17-4-2-6-18-5-1-3-14(18)20/h12,17H,1-10H2/b13-12-. The normalized spacial score (nSPS) is 19.2. The van der Waals surface area contributed by atoms with Crippen molar-refractivity contribution in [3.05, 3.63) is 11.8 Å². The Balaban J connectivity index is 1.71. The van der Waals surface area contributed by atoms with Gasteiger partial charge in [-0.05, 0) is 12.8 Å². The van der Waals surface area contributed by atoms with Gasteiger partial charge in [0.25, 0.3) is 5.91 Å². The maximum absolute atomic E-state index is 12.1. The number of rotatable bonds is 6. The van der Waals surface area contributed by atoms with Crippen molar-refractivity contribution in [2.75, 3.05) is 45.9 Å². The molecule has 0 atom stereocenters. The largest absolute Gasteiger partial charge is 0.390 e. The van der Waals surface area contributed by atoms with Crippen LogP contribution in [-0.2, 0) is 14.3 Å².